The first-order valence-corrected chi connectivity index (χ1v) is 8.99. The molecule has 0 spiro atoms. The van der Waals surface area contributed by atoms with Gasteiger partial charge in [0.25, 0.3) is 0 Å². The zero-order valence-corrected chi connectivity index (χ0v) is 16.0. The Morgan fingerprint density at radius 2 is 1.79 bits per heavy atom. The molecule has 0 atom stereocenters. The summed E-state index contributed by atoms with van der Waals surface area (Å²) in [5, 5.41) is 18.1. The van der Waals surface area contributed by atoms with Gasteiger partial charge in [-0.15, -0.1) is 0 Å². The van der Waals surface area contributed by atoms with Gasteiger partial charge in [0.15, 0.2) is 0 Å². The number of carbonyl (C=O) groups is 2. The molecular formula is C23H24O5. The molecular weight excluding hydrogens is 356 g/mol. The van der Waals surface area contributed by atoms with E-state index >= 15 is 0 Å². The summed E-state index contributed by atoms with van der Waals surface area (Å²) in [6.07, 6.45) is 5.91. The average molecular weight is 380 g/mol. The summed E-state index contributed by atoms with van der Waals surface area (Å²) < 4.78 is 5.55. The Morgan fingerprint density at radius 3 is 2.43 bits per heavy atom. The maximum atomic E-state index is 12.3. The molecule has 0 unspecified atom stereocenters. The summed E-state index contributed by atoms with van der Waals surface area (Å²) in [6.45, 7) is 3.97. The average Bonchev–Trinajstić information content (AvgIpc) is 2.65. The second-order valence-corrected chi connectivity index (χ2v) is 6.66. The normalized spacial score (nSPS) is 10.6. The van der Waals surface area contributed by atoms with Crippen LogP contribution in [0.2, 0.25) is 0 Å². The SMILES string of the molecule is CC(C)=CCc1cc(C=CC(=O)O)ccc1OC(=O)CCc1ccc(O)cc1. The third-order valence-electron chi connectivity index (χ3n) is 4.01. The van der Waals surface area contributed by atoms with Crippen molar-refractivity contribution in [3.8, 4) is 11.5 Å². The van der Waals surface area contributed by atoms with Gasteiger partial charge in [-0.05, 0) is 73.7 Å². The zero-order valence-electron chi connectivity index (χ0n) is 16.0. The van der Waals surface area contributed by atoms with E-state index < -0.39 is 5.97 Å². The number of carbonyl (C=O) groups excluding carboxylic acids is 1. The lowest BCUT2D eigenvalue weighted by molar-refractivity contribution is -0.134. The first-order chi connectivity index (χ1) is 13.3. The molecule has 0 aliphatic carbocycles. The predicted octanol–water partition coefficient (Wildman–Crippen LogP) is 4.54. The molecule has 2 aromatic rings. The van der Waals surface area contributed by atoms with E-state index in [-0.39, 0.29) is 18.1 Å². The number of esters is 1. The fraction of sp³-hybridized carbons (Fsp3) is 0.217. The standard InChI is InChI=1S/C23H24O5/c1-16(2)3-9-19-15-18(7-13-22(25)26)6-12-21(19)28-23(27)14-8-17-4-10-20(24)11-5-17/h3-7,10-13,15,24H,8-9,14H2,1-2H3,(H,25,26). The smallest absolute Gasteiger partial charge is 0.328 e. The van der Waals surface area contributed by atoms with E-state index in [0.717, 1.165) is 28.3 Å². The van der Waals surface area contributed by atoms with Crippen molar-refractivity contribution in [2.24, 2.45) is 0 Å². The lowest BCUT2D eigenvalue weighted by atomic mass is 10.0. The van der Waals surface area contributed by atoms with Gasteiger partial charge in [0.05, 0.1) is 0 Å². The Morgan fingerprint density at radius 1 is 1.07 bits per heavy atom. The van der Waals surface area contributed by atoms with Crippen LogP contribution in [0.3, 0.4) is 0 Å². The highest BCUT2D eigenvalue weighted by Crippen LogP contribution is 2.23. The molecule has 0 amide bonds. The Bertz CT molecular complexity index is 888. The third-order valence-corrected chi connectivity index (χ3v) is 4.01. The number of allylic oxidation sites excluding steroid dienone is 2. The van der Waals surface area contributed by atoms with Gasteiger partial charge < -0.3 is 14.9 Å². The first kappa shape index (κ1) is 21.0. The Kier molecular flexibility index (Phi) is 7.57. The maximum absolute atomic E-state index is 12.3. The second kappa shape index (κ2) is 10.1. The molecule has 0 aliphatic rings. The molecule has 0 saturated heterocycles. The number of carboxylic acids is 1. The number of aliphatic carboxylic acids is 1. The summed E-state index contributed by atoms with van der Waals surface area (Å²) in [7, 11) is 0. The fourth-order valence-electron chi connectivity index (χ4n) is 2.53. The second-order valence-electron chi connectivity index (χ2n) is 6.66. The minimum Gasteiger partial charge on any atom is -0.508 e. The highest BCUT2D eigenvalue weighted by atomic mass is 16.5. The largest absolute Gasteiger partial charge is 0.508 e. The monoisotopic (exact) mass is 380 g/mol. The number of hydrogen-bond donors (Lipinski definition) is 2. The van der Waals surface area contributed by atoms with Crippen LogP contribution in [0, 0.1) is 0 Å². The van der Waals surface area contributed by atoms with Crippen molar-refractivity contribution in [2.45, 2.75) is 33.1 Å². The van der Waals surface area contributed by atoms with Crippen molar-refractivity contribution in [1.82, 2.24) is 0 Å². The lowest BCUT2D eigenvalue weighted by Gasteiger charge is -2.10. The van der Waals surface area contributed by atoms with Crippen molar-refractivity contribution in [1.29, 1.82) is 0 Å². The minimum absolute atomic E-state index is 0.187. The van der Waals surface area contributed by atoms with E-state index in [1.54, 1.807) is 36.4 Å². The van der Waals surface area contributed by atoms with E-state index in [1.807, 2.05) is 26.0 Å². The van der Waals surface area contributed by atoms with Gasteiger partial charge in [-0.1, -0.05) is 29.8 Å². The van der Waals surface area contributed by atoms with E-state index in [9.17, 15) is 14.7 Å². The van der Waals surface area contributed by atoms with Gasteiger partial charge in [0.2, 0.25) is 0 Å². The van der Waals surface area contributed by atoms with Gasteiger partial charge in [-0.3, -0.25) is 4.79 Å². The Labute approximate surface area is 164 Å². The summed E-state index contributed by atoms with van der Waals surface area (Å²) in [6, 6.07) is 11.9. The number of phenolic OH excluding ortho intramolecular Hbond substituents is 1. The predicted molar refractivity (Wildman–Crippen MR) is 108 cm³/mol. The molecule has 0 fully saturated rings. The van der Waals surface area contributed by atoms with Crippen LogP contribution in [0.15, 0.2) is 60.2 Å². The topological polar surface area (TPSA) is 83.8 Å². The van der Waals surface area contributed by atoms with Crippen molar-refractivity contribution in [2.75, 3.05) is 0 Å². The molecule has 2 N–H and O–H groups in total. The molecule has 5 heteroatoms. The van der Waals surface area contributed by atoms with Gasteiger partial charge in [-0.25, -0.2) is 4.79 Å². The molecule has 2 aromatic carbocycles. The van der Waals surface area contributed by atoms with Gasteiger partial charge >= 0.3 is 11.9 Å². The molecule has 0 saturated carbocycles. The number of aromatic hydroxyl groups is 1. The van der Waals surface area contributed by atoms with Crippen LogP contribution < -0.4 is 4.74 Å². The van der Waals surface area contributed by atoms with Crippen molar-refractivity contribution >= 4 is 18.0 Å². The number of hydrogen-bond acceptors (Lipinski definition) is 4. The molecule has 5 nitrogen and oxygen atoms in total. The lowest BCUT2D eigenvalue weighted by Crippen LogP contribution is -2.10. The van der Waals surface area contributed by atoms with Crippen LogP contribution in [0.1, 0.15) is 37.0 Å². The van der Waals surface area contributed by atoms with Crippen LogP contribution in [-0.2, 0) is 22.4 Å². The Balaban J connectivity index is 2.10. The molecule has 2 rings (SSSR count). The van der Waals surface area contributed by atoms with E-state index in [4.69, 9.17) is 9.84 Å². The van der Waals surface area contributed by atoms with Crippen LogP contribution in [0.25, 0.3) is 6.08 Å². The molecule has 146 valence electrons. The summed E-state index contributed by atoms with van der Waals surface area (Å²) in [4.78, 5) is 23.0. The Hall–Kier alpha value is -3.34. The van der Waals surface area contributed by atoms with Crippen LogP contribution in [-0.4, -0.2) is 22.2 Å². The minimum atomic E-state index is -1.02. The maximum Gasteiger partial charge on any atom is 0.328 e. The number of aryl methyl sites for hydroxylation is 1. The van der Waals surface area contributed by atoms with Gasteiger partial charge in [0, 0.05) is 12.5 Å². The zero-order chi connectivity index (χ0) is 20.5. The quantitative estimate of drug-likeness (QED) is 0.304. The third kappa shape index (κ3) is 7.11. The fourth-order valence-corrected chi connectivity index (χ4v) is 2.53. The highest BCUT2D eigenvalue weighted by Gasteiger charge is 2.10. The number of carboxylic acid groups (broad SMARTS) is 1. The molecule has 0 bridgehead atoms. The summed E-state index contributed by atoms with van der Waals surface area (Å²) in [5.41, 5.74) is 3.61. The summed E-state index contributed by atoms with van der Waals surface area (Å²) in [5.74, 6) is -0.705. The van der Waals surface area contributed by atoms with E-state index in [2.05, 4.69) is 0 Å². The van der Waals surface area contributed by atoms with Crippen molar-refractivity contribution < 1.29 is 24.5 Å². The molecule has 0 aromatic heterocycles. The van der Waals surface area contributed by atoms with Crippen LogP contribution in [0.4, 0.5) is 0 Å². The summed E-state index contributed by atoms with van der Waals surface area (Å²) >= 11 is 0. The number of rotatable bonds is 8. The number of benzene rings is 2. The first-order valence-electron chi connectivity index (χ1n) is 8.99. The van der Waals surface area contributed by atoms with Crippen molar-refractivity contribution in [3.63, 3.8) is 0 Å². The van der Waals surface area contributed by atoms with Crippen LogP contribution in [0.5, 0.6) is 11.5 Å². The van der Waals surface area contributed by atoms with E-state index in [1.165, 1.54) is 6.08 Å². The van der Waals surface area contributed by atoms with Crippen LogP contribution >= 0.6 is 0 Å². The van der Waals surface area contributed by atoms with Crippen molar-refractivity contribution in [3.05, 3.63) is 76.9 Å². The molecule has 28 heavy (non-hydrogen) atoms. The highest BCUT2D eigenvalue weighted by molar-refractivity contribution is 5.85. The van der Waals surface area contributed by atoms with E-state index in [0.29, 0.717) is 18.6 Å². The number of ether oxygens (including phenoxy) is 1. The molecule has 0 aliphatic heterocycles. The molecule has 0 heterocycles. The van der Waals surface area contributed by atoms with Gasteiger partial charge in [0.1, 0.15) is 11.5 Å². The number of phenols is 1. The molecule has 0 radical (unpaired) electrons. The van der Waals surface area contributed by atoms with Gasteiger partial charge in [-0.2, -0.15) is 0 Å².